The molecule has 2 aromatic rings. The first-order valence-corrected chi connectivity index (χ1v) is 9.04. The van der Waals surface area contributed by atoms with Gasteiger partial charge in [-0.15, -0.1) is 0 Å². The number of rotatable bonds is 9. The quantitative estimate of drug-likeness (QED) is 0.336. The fourth-order valence-electron chi connectivity index (χ4n) is 2.43. The Labute approximate surface area is 179 Å². The van der Waals surface area contributed by atoms with Crippen LogP contribution in [0.15, 0.2) is 46.6 Å². The van der Waals surface area contributed by atoms with Crippen molar-refractivity contribution >= 4 is 34.8 Å². The van der Waals surface area contributed by atoms with Gasteiger partial charge in [0.25, 0.3) is 5.91 Å². The summed E-state index contributed by atoms with van der Waals surface area (Å²) >= 11 is 6.21. The summed E-state index contributed by atoms with van der Waals surface area (Å²) in [5.74, 6) is 0.461. The van der Waals surface area contributed by atoms with Gasteiger partial charge in [0.15, 0.2) is 5.78 Å². The van der Waals surface area contributed by atoms with Crippen LogP contribution in [0.1, 0.15) is 6.92 Å². The molecule has 0 fully saturated rings. The maximum atomic E-state index is 12.8. The van der Waals surface area contributed by atoms with Gasteiger partial charge in [0.05, 0.1) is 34.1 Å². The molecule has 160 valence electrons. The van der Waals surface area contributed by atoms with Gasteiger partial charge in [-0.1, -0.05) is 0 Å². The van der Waals surface area contributed by atoms with Crippen LogP contribution in [-0.2, 0) is 9.59 Å². The van der Waals surface area contributed by atoms with Crippen LogP contribution in [0.3, 0.4) is 0 Å². The van der Waals surface area contributed by atoms with Crippen molar-refractivity contribution in [2.24, 2.45) is 10.2 Å². The van der Waals surface area contributed by atoms with E-state index >= 15 is 0 Å². The second kappa shape index (κ2) is 10.4. The number of halogens is 1. The van der Waals surface area contributed by atoms with Crippen molar-refractivity contribution in [1.29, 1.82) is 0 Å². The van der Waals surface area contributed by atoms with Crippen LogP contribution in [-0.4, -0.2) is 46.2 Å². The van der Waals surface area contributed by atoms with Gasteiger partial charge < -0.3 is 18.9 Å². The summed E-state index contributed by atoms with van der Waals surface area (Å²) in [7, 11) is 5.91. The lowest BCUT2D eigenvalue weighted by atomic mass is 10.2. The van der Waals surface area contributed by atoms with E-state index in [1.54, 1.807) is 24.3 Å². The highest BCUT2D eigenvalue weighted by Crippen LogP contribution is 2.33. The van der Waals surface area contributed by atoms with Gasteiger partial charge in [0, 0.05) is 36.0 Å². The molecule has 0 spiro atoms. The Morgan fingerprint density at radius 1 is 0.900 bits per heavy atom. The molecule has 10 heteroatoms. The summed E-state index contributed by atoms with van der Waals surface area (Å²) in [6.45, 7) is 1.23. The van der Waals surface area contributed by atoms with E-state index in [4.69, 9.17) is 30.7 Å². The number of carbonyl (C=O) groups excluding carboxylic acids is 2. The van der Waals surface area contributed by atoms with Gasteiger partial charge in [-0.25, -0.2) is 4.42 Å². The minimum atomic E-state index is -1.45. The molecule has 2 aromatic carbocycles. The molecule has 0 heterocycles. The number of hydrogen-bond donors (Lipinski definition) is 0. The maximum absolute atomic E-state index is 12.8. The predicted octanol–water partition coefficient (Wildman–Crippen LogP) is 3.95. The molecule has 1 amide bonds. The van der Waals surface area contributed by atoms with Crippen LogP contribution in [0.2, 0.25) is 0 Å². The van der Waals surface area contributed by atoms with Crippen LogP contribution >= 0.6 is 11.8 Å². The molecular weight excluding hydrogens is 414 g/mol. The van der Waals surface area contributed by atoms with E-state index in [9.17, 15) is 9.59 Å². The van der Waals surface area contributed by atoms with Crippen LogP contribution < -0.4 is 23.4 Å². The first-order chi connectivity index (χ1) is 14.3. The SMILES string of the molecule is COc1cc(OC)cc(N(Cl)C(=O)C(N=Nc2ccc(OC)cc2OC)C(C)=O)c1. The maximum Gasteiger partial charge on any atom is 0.276 e. The molecule has 1 atom stereocenters. The van der Waals surface area contributed by atoms with Crippen molar-refractivity contribution in [2.45, 2.75) is 13.0 Å². The molecule has 30 heavy (non-hydrogen) atoms. The second-order valence-corrected chi connectivity index (χ2v) is 6.29. The number of azo groups is 1. The van der Waals surface area contributed by atoms with Gasteiger partial charge >= 0.3 is 0 Å². The number of ketones is 1. The molecule has 0 saturated carbocycles. The number of methoxy groups -OCH3 is 4. The molecule has 0 saturated heterocycles. The summed E-state index contributed by atoms with van der Waals surface area (Å²) in [6.07, 6.45) is 0. The van der Waals surface area contributed by atoms with E-state index in [2.05, 4.69) is 10.2 Å². The number of Topliss-reactive ketones (excluding diaryl/α,β-unsaturated/α-hetero) is 1. The number of nitrogens with zero attached hydrogens (tertiary/aromatic N) is 3. The summed E-state index contributed by atoms with van der Waals surface area (Å²) in [5.41, 5.74) is 0.572. The lowest BCUT2D eigenvalue weighted by Crippen LogP contribution is -2.36. The molecule has 0 aliphatic rings. The molecule has 0 bridgehead atoms. The average Bonchev–Trinajstić information content (AvgIpc) is 2.77. The standard InChI is InChI=1S/C20H22ClN3O6/c1-12(25)19(23-22-17-7-6-14(27-2)11-18(17)30-5)20(26)24(21)13-8-15(28-3)10-16(9-13)29-4/h6-11,19H,1-5H3. The Hall–Kier alpha value is -3.33. The Bertz CT molecular complexity index is 928. The highest BCUT2D eigenvalue weighted by atomic mass is 35.5. The molecule has 0 aromatic heterocycles. The van der Waals surface area contributed by atoms with Crippen molar-refractivity contribution in [3.05, 3.63) is 36.4 Å². The Balaban J connectivity index is 2.33. The molecule has 0 aliphatic carbocycles. The number of benzene rings is 2. The molecule has 0 N–H and O–H groups in total. The number of carbonyl (C=O) groups is 2. The van der Waals surface area contributed by atoms with Gasteiger partial charge in [-0.05, 0) is 19.1 Å². The third-order valence-electron chi connectivity index (χ3n) is 4.04. The molecule has 9 nitrogen and oxygen atoms in total. The van der Waals surface area contributed by atoms with Gasteiger partial charge in [-0.2, -0.15) is 10.2 Å². The third kappa shape index (κ3) is 5.38. The molecule has 0 aliphatic heterocycles. The fraction of sp³-hybridized carbons (Fsp3) is 0.300. The summed E-state index contributed by atoms with van der Waals surface area (Å²) in [4.78, 5) is 24.9. The zero-order valence-corrected chi connectivity index (χ0v) is 18.0. The number of ether oxygens (including phenoxy) is 4. The minimum absolute atomic E-state index is 0.251. The van der Waals surface area contributed by atoms with E-state index in [0.717, 1.165) is 4.42 Å². The number of anilines is 1. The van der Waals surface area contributed by atoms with Gasteiger partial charge in [-0.3, -0.25) is 9.59 Å². The Morgan fingerprint density at radius 3 is 2.00 bits per heavy atom. The normalized spacial score (nSPS) is 11.7. The largest absolute Gasteiger partial charge is 0.497 e. The van der Waals surface area contributed by atoms with E-state index in [0.29, 0.717) is 28.7 Å². The average molecular weight is 436 g/mol. The molecule has 2 rings (SSSR count). The van der Waals surface area contributed by atoms with E-state index < -0.39 is 17.7 Å². The van der Waals surface area contributed by atoms with Crippen molar-refractivity contribution in [1.82, 2.24) is 0 Å². The molecule has 0 radical (unpaired) electrons. The van der Waals surface area contributed by atoms with E-state index in [1.807, 2.05) is 0 Å². The van der Waals surface area contributed by atoms with Crippen LogP contribution in [0, 0.1) is 0 Å². The highest BCUT2D eigenvalue weighted by Gasteiger charge is 2.29. The topological polar surface area (TPSA) is 99.0 Å². The highest BCUT2D eigenvalue weighted by molar-refractivity contribution is 6.39. The molecule has 1 unspecified atom stereocenters. The van der Waals surface area contributed by atoms with Crippen LogP contribution in [0.4, 0.5) is 11.4 Å². The summed E-state index contributed by atoms with van der Waals surface area (Å²) in [6, 6.07) is 8.06. The van der Waals surface area contributed by atoms with Crippen LogP contribution in [0.5, 0.6) is 23.0 Å². The Kier molecular flexibility index (Phi) is 7.99. The van der Waals surface area contributed by atoms with Gasteiger partial charge in [0.1, 0.15) is 28.7 Å². The lowest BCUT2D eigenvalue weighted by molar-refractivity contribution is -0.126. The first-order valence-electron chi connectivity index (χ1n) is 8.70. The van der Waals surface area contributed by atoms with Crippen molar-refractivity contribution in [3.63, 3.8) is 0 Å². The van der Waals surface area contributed by atoms with Crippen LogP contribution in [0.25, 0.3) is 0 Å². The monoisotopic (exact) mass is 435 g/mol. The smallest absolute Gasteiger partial charge is 0.276 e. The number of hydrogen-bond acceptors (Lipinski definition) is 8. The van der Waals surface area contributed by atoms with E-state index in [1.165, 1.54) is 47.5 Å². The van der Waals surface area contributed by atoms with Crippen molar-refractivity contribution in [3.8, 4) is 23.0 Å². The van der Waals surface area contributed by atoms with Gasteiger partial charge in [0.2, 0.25) is 6.04 Å². The van der Waals surface area contributed by atoms with E-state index in [-0.39, 0.29) is 5.69 Å². The minimum Gasteiger partial charge on any atom is -0.497 e. The van der Waals surface area contributed by atoms with Crippen molar-refractivity contribution < 1.29 is 28.5 Å². The second-order valence-electron chi connectivity index (χ2n) is 5.96. The lowest BCUT2D eigenvalue weighted by Gasteiger charge is -2.18. The number of amides is 1. The molecular formula is C20H22ClN3O6. The third-order valence-corrected chi connectivity index (χ3v) is 4.40. The summed E-state index contributed by atoms with van der Waals surface area (Å²) < 4.78 is 21.5. The van der Waals surface area contributed by atoms with Crippen molar-refractivity contribution in [2.75, 3.05) is 32.9 Å². The fourth-order valence-corrected chi connectivity index (χ4v) is 2.62. The predicted molar refractivity (Wildman–Crippen MR) is 111 cm³/mol. The first kappa shape index (κ1) is 23.0. The Morgan fingerprint density at radius 2 is 1.50 bits per heavy atom. The zero-order chi connectivity index (χ0) is 22.3. The zero-order valence-electron chi connectivity index (χ0n) is 17.2. The summed E-state index contributed by atoms with van der Waals surface area (Å²) in [5, 5.41) is 7.91.